The average Bonchev–Trinajstić information content (AvgIpc) is 3.30. The lowest BCUT2D eigenvalue weighted by atomic mass is 9.97. The van der Waals surface area contributed by atoms with Crippen molar-refractivity contribution in [1.29, 1.82) is 0 Å². The Morgan fingerprint density at radius 3 is 2.56 bits per heavy atom. The summed E-state index contributed by atoms with van der Waals surface area (Å²) in [7, 11) is -3.73. The number of halogens is 1. The fourth-order valence-electron chi connectivity index (χ4n) is 3.60. The molecular weight excluding hydrogens is 435 g/mol. The van der Waals surface area contributed by atoms with Crippen LogP contribution in [0.25, 0.3) is 11.4 Å². The molecule has 1 N–H and O–H groups in total. The van der Waals surface area contributed by atoms with Crippen LogP contribution >= 0.6 is 0 Å². The van der Waals surface area contributed by atoms with Gasteiger partial charge in [0.1, 0.15) is 5.82 Å². The van der Waals surface area contributed by atoms with E-state index in [1.807, 2.05) is 6.92 Å². The minimum atomic E-state index is -3.73. The largest absolute Gasteiger partial charge is 0.339 e. The van der Waals surface area contributed by atoms with Gasteiger partial charge in [0.05, 0.1) is 4.90 Å². The van der Waals surface area contributed by atoms with E-state index >= 15 is 0 Å². The zero-order chi connectivity index (χ0) is 22.7. The van der Waals surface area contributed by atoms with Crippen molar-refractivity contribution in [2.24, 2.45) is 5.92 Å². The SMILES string of the molecule is CCc1nc(-c2cccc(S(=O)(=O)N3CCC(C(=O)Nc4ccc(F)cc4)CC3)c2)no1. The predicted octanol–water partition coefficient (Wildman–Crippen LogP) is 3.48. The molecule has 32 heavy (non-hydrogen) atoms. The fraction of sp³-hybridized carbons (Fsp3) is 0.318. The Morgan fingerprint density at radius 2 is 1.91 bits per heavy atom. The summed E-state index contributed by atoms with van der Waals surface area (Å²) in [4.78, 5) is 16.9. The summed E-state index contributed by atoms with van der Waals surface area (Å²) in [5, 5.41) is 6.66. The Bertz CT molecular complexity index is 1200. The first-order valence-electron chi connectivity index (χ1n) is 10.4. The number of hydrogen-bond donors (Lipinski definition) is 1. The van der Waals surface area contributed by atoms with Crippen LogP contribution in [0.1, 0.15) is 25.7 Å². The second-order valence-electron chi connectivity index (χ2n) is 7.57. The maximum Gasteiger partial charge on any atom is 0.243 e. The van der Waals surface area contributed by atoms with Gasteiger partial charge in [0.25, 0.3) is 0 Å². The van der Waals surface area contributed by atoms with Crippen molar-refractivity contribution in [2.75, 3.05) is 18.4 Å². The molecular formula is C22H23FN4O4S. The van der Waals surface area contributed by atoms with Gasteiger partial charge in [0.15, 0.2) is 0 Å². The van der Waals surface area contributed by atoms with Crippen LogP contribution in [0.15, 0.2) is 57.9 Å². The summed E-state index contributed by atoms with van der Waals surface area (Å²) >= 11 is 0. The lowest BCUT2D eigenvalue weighted by Crippen LogP contribution is -2.41. The Morgan fingerprint density at radius 1 is 1.19 bits per heavy atom. The van der Waals surface area contributed by atoms with Crippen molar-refractivity contribution in [1.82, 2.24) is 14.4 Å². The number of amides is 1. The van der Waals surface area contributed by atoms with Crippen LogP contribution in [0, 0.1) is 11.7 Å². The maximum absolute atomic E-state index is 13.2. The number of nitrogens with zero attached hydrogens (tertiary/aromatic N) is 3. The third-order valence-electron chi connectivity index (χ3n) is 5.44. The molecule has 1 aliphatic heterocycles. The molecule has 1 amide bonds. The molecule has 8 nitrogen and oxygen atoms in total. The number of aromatic nitrogens is 2. The average molecular weight is 459 g/mol. The highest BCUT2D eigenvalue weighted by atomic mass is 32.2. The summed E-state index contributed by atoms with van der Waals surface area (Å²) in [6.45, 7) is 2.36. The smallest absolute Gasteiger partial charge is 0.243 e. The molecule has 1 fully saturated rings. The van der Waals surface area contributed by atoms with Gasteiger partial charge in [-0.25, -0.2) is 12.8 Å². The number of nitrogens with one attached hydrogen (secondary N) is 1. The summed E-state index contributed by atoms with van der Waals surface area (Å²) in [5.41, 5.74) is 1.07. The number of piperidine rings is 1. The van der Waals surface area contributed by atoms with Gasteiger partial charge in [-0.05, 0) is 49.2 Å². The van der Waals surface area contributed by atoms with Crippen LogP contribution in [0.3, 0.4) is 0 Å². The van der Waals surface area contributed by atoms with E-state index < -0.39 is 10.0 Å². The standard InChI is InChI=1S/C22H23FN4O4S/c1-2-20-25-21(26-31-20)16-4-3-5-19(14-16)32(29,30)27-12-10-15(11-13-27)22(28)24-18-8-6-17(23)7-9-18/h3-9,14-15H,2,10-13H2,1H3,(H,24,28). The predicted molar refractivity (Wildman–Crippen MR) is 116 cm³/mol. The molecule has 0 unspecified atom stereocenters. The highest BCUT2D eigenvalue weighted by Crippen LogP contribution is 2.27. The number of benzene rings is 2. The summed E-state index contributed by atoms with van der Waals surface area (Å²) < 4.78 is 45.8. The molecule has 4 rings (SSSR count). The van der Waals surface area contributed by atoms with Gasteiger partial charge in [0, 0.05) is 36.7 Å². The Labute approximate surface area is 185 Å². The molecule has 168 valence electrons. The molecule has 10 heteroatoms. The highest BCUT2D eigenvalue weighted by molar-refractivity contribution is 7.89. The monoisotopic (exact) mass is 458 g/mol. The number of aryl methyl sites for hydroxylation is 1. The normalized spacial score (nSPS) is 15.6. The molecule has 1 aromatic heterocycles. The van der Waals surface area contributed by atoms with E-state index in [-0.39, 0.29) is 35.6 Å². The van der Waals surface area contributed by atoms with E-state index in [2.05, 4.69) is 15.5 Å². The van der Waals surface area contributed by atoms with Crippen molar-refractivity contribution in [3.63, 3.8) is 0 Å². The highest BCUT2D eigenvalue weighted by Gasteiger charge is 2.32. The lowest BCUT2D eigenvalue weighted by Gasteiger charge is -2.30. The minimum Gasteiger partial charge on any atom is -0.339 e. The van der Waals surface area contributed by atoms with Crippen LogP contribution < -0.4 is 5.32 Å². The zero-order valence-electron chi connectivity index (χ0n) is 17.5. The number of carbonyl (C=O) groups is 1. The third-order valence-corrected chi connectivity index (χ3v) is 7.33. The molecule has 0 atom stereocenters. The number of hydrogen-bond acceptors (Lipinski definition) is 6. The van der Waals surface area contributed by atoms with Crippen LogP contribution in [0.4, 0.5) is 10.1 Å². The minimum absolute atomic E-state index is 0.145. The summed E-state index contributed by atoms with van der Waals surface area (Å²) in [5.74, 6) is -0.0656. The Kier molecular flexibility index (Phi) is 6.33. The molecule has 2 aromatic carbocycles. The summed E-state index contributed by atoms with van der Waals surface area (Å²) in [6, 6.07) is 12.0. The fourth-order valence-corrected chi connectivity index (χ4v) is 5.11. The van der Waals surface area contributed by atoms with Gasteiger partial charge in [-0.3, -0.25) is 4.79 Å². The van der Waals surface area contributed by atoms with E-state index in [1.165, 1.54) is 40.7 Å². The third kappa shape index (κ3) is 4.71. The maximum atomic E-state index is 13.2. The van der Waals surface area contributed by atoms with Crippen molar-refractivity contribution in [2.45, 2.75) is 31.1 Å². The molecule has 3 aromatic rings. The van der Waals surface area contributed by atoms with Gasteiger partial charge in [0.2, 0.25) is 27.6 Å². The number of anilines is 1. The number of rotatable bonds is 6. The van der Waals surface area contributed by atoms with Gasteiger partial charge in [-0.1, -0.05) is 24.2 Å². The van der Waals surface area contributed by atoms with Crippen molar-refractivity contribution in [3.8, 4) is 11.4 Å². The quantitative estimate of drug-likeness (QED) is 0.606. The molecule has 2 heterocycles. The topological polar surface area (TPSA) is 105 Å². The Balaban J connectivity index is 1.42. The van der Waals surface area contributed by atoms with Gasteiger partial charge in [-0.15, -0.1) is 0 Å². The second-order valence-corrected chi connectivity index (χ2v) is 9.51. The first-order valence-corrected chi connectivity index (χ1v) is 11.8. The number of carbonyl (C=O) groups excluding carboxylic acids is 1. The van der Waals surface area contributed by atoms with E-state index in [1.54, 1.807) is 12.1 Å². The molecule has 0 aliphatic carbocycles. The number of sulfonamides is 1. The van der Waals surface area contributed by atoms with Crippen molar-refractivity contribution in [3.05, 3.63) is 60.2 Å². The zero-order valence-corrected chi connectivity index (χ0v) is 18.3. The van der Waals surface area contributed by atoms with Crippen LogP contribution in [0.2, 0.25) is 0 Å². The first kappa shape index (κ1) is 22.1. The molecule has 0 saturated carbocycles. The van der Waals surface area contributed by atoms with Gasteiger partial charge in [-0.2, -0.15) is 9.29 Å². The van der Waals surface area contributed by atoms with E-state index in [0.717, 1.165) is 0 Å². The van der Waals surface area contributed by atoms with E-state index in [0.29, 0.717) is 42.2 Å². The van der Waals surface area contributed by atoms with E-state index in [4.69, 9.17) is 4.52 Å². The lowest BCUT2D eigenvalue weighted by molar-refractivity contribution is -0.120. The molecule has 1 aliphatic rings. The van der Waals surface area contributed by atoms with Crippen LogP contribution in [-0.4, -0.2) is 41.9 Å². The molecule has 0 bridgehead atoms. The van der Waals surface area contributed by atoms with Crippen molar-refractivity contribution < 1.29 is 22.1 Å². The van der Waals surface area contributed by atoms with Gasteiger partial charge >= 0.3 is 0 Å². The first-order chi connectivity index (χ1) is 15.4. The second kappa shape index (κ2) is 9.17. The Hall–Kier alpha value is -3.11. The van der Waals surface area contributed by atoms with E-state index in [9.17, 15) is 17.6 Å². The van der Waals surface area contributed by atoms with Gasteiger partial charge < -0.3 is 9.84 Å². The molecule has 0 radical (unpaired) electrons. The summed E-state index contributed by atoms with van der Waals surface area (Å²) in [6.07, 6.45) is 1.39. The van der Waals surface area contributed by atoms with Crippen LogP contribution in [-0.2, 0) is 21.2 Å². The molecule has 0 spiro atoms. The van der Waals surface area contributed by atoms with Crippen LogP contribution in [0.5, 0.6) is 0 Å². The molecule has 1 saturated heterocycles. The van der Waals surface area contributed by atoms with Crippen molar-refractivity contribution >= 4 is 21.6 Å².